The summed E-state index contributed by atoms with van der Waals surface area (Å²) in [4.78, 5) is 0. The Bertz CT molecular complexity index is 88.1. The normalized spacial score (nSPS) is 39.7. The molecule has 0 spiro atoms. The second kappa shape index (κ2) is 1.64. The SMILES string of the molecule is O[C@H]1C=CC[C@@H]1O. The number of hydrogen-bond donors (Lipinski definition) is 2. The molecule has 1 aliphatic rings. The number of aliphatic hydroxyl groups is 2. The molecule has 0 fully saturated rings. The van der Waals surface area contributed by atoms with E-state index in [-0.39, 0.29) is 0 Å². The standard InChI is InChI=1S/C5H8O2/c6-4-2-1-3-5(4)7/h1-2,4-7H,3H2/t4-,5-/m0/s1. The minimum absolute atomic E-state index is 0.542. The van der Waals surface area contributed by atoms with Crippen LogP contribution in [-0.4, -0.2) is 22.4 Å². The van der Waals surface area contributed by atoms with Crippen molar-refractivity contribution in [2.24, 2.45) is 0 Å². The second-order valence-electron chi connectivity index (χ2n) is 1.72. The van der Waals surface area contributed by atoms with E-state index in [9.17, 15) is 0 Å². The molecule has 2 heteroatoms. The molecule has 0 aliphatic heterocycles. The topological polar surface area (TPSA) is 40.5 Å². The third-order valence-electron chi connectivity index (χ3n) is 1.11. The first kappa shape index (κ1) is 4.81. The largest absolute Gasteiger partial charge is 0.390 e. The van der Waals surface area contributed by atoms with Gasteiger partial charge in [0.15, 0.2) is 0 Å². The lowest BCUT2D eigenvalue weighted by atomic mass is 10.2. The molecule has 0 aromatic carbocycles. The van der Waals surface area contributed by atoms with Gasteiger partial charge in [-0.15, -0.1) is 0 Å². The van der Waals surface area contributed by atoms with Crippen molar-refractivity contribution in [1.82, 2.24) is 0 Å². The fourth-order valence-electron chi connectivity index (χ4n) is 0.625. The van der Waals surface area contributed by atoms with Crippen LogP contribution >= 0.6 is 0 Å². The summed E-state index contributed by atoms with van der Waals surface area (Å²) in [5, 5.41) is 17.3. The minimum Gasteiger partial charge on any atom is -0.390 e. The molecule has 0 bridgehead atoms. The number of rotatable bonds is 0. The van der Waals surface area contributed by atoms with Gasteiger partial charge in [0.05, 0.1) is 12.2 Å². The van der Waals surface area contributed by atoms with E-state index in [4.69, 9.17) is 10.2 Å². The van der Waals surface area contributed by atoms with Crippen molar-refractivity contribution in [3.05, 3.63) is 12.2 Å². The first-order chi connectivity index (χ1) is 3.30. The van der Waals surface area contributed by atoms with Crippen LogP contribution in [0.4, 0.5) is 0 Å². The Labute approximate surface area is 42.1 Å². The van der Waals surface area contributed by atoms with Crippen LogP contribution in [0, 0.1) is 0 Å². The van der Waals surface area contributed by atoms with Gasteiger partial charge in [0.1, 0.15) is 0 Å². The maximum Gasteiger partial charge on any atom is 0.0982 e. The summed E-state index contributed by atoms with van der Waals surface area (Å²) in [7, 11) is 0. The zero-order valence-corrected chi connectivity index (χ0v) is 3.91. The van der Waals surface area contributed by atoms with Crippen molar-refractivity contribution in [1.29, 1.82) is 0 Å². The zero-order valence-electron chi connectivity index (χ0n) is 3.91. The quantitative estimate of drug-likeness (QED) is 0.409. The highest BCUT2D eigenvalue weighted by atomic mass is 16.3. The molecule has 0 amide bonds. The van der Waals surface area contributed by atoms with Crippen LogP contribution in [0.25, 0.3) is 0 Å². The Morgan fingerprint density at radius 3 is 2.29 bits per heavy atom. The second-order valence-corrected chi connectivity index (χ2v) is 1.72. The lowest BCUT2D eigenvalue weighted by Gasteiger charge is -2.03. The summed E-state index contributed by atoms with van der Waals surface area (Å²) in [6, 6.07) is 0. The Hall–Kier alpha value is -0.340. The predicted molar refractivity (Wildman–Crippen MR) is 25.8 cm³/mol. The van der Waals surface area contributed by atoms with E-state index in [0.717, 1.165) is 0 Å². The first-order valence-electron chi connectivity index (χ1n) is 2.33. The summed E-state index contributed by atoms with van der Waals surface area (Å²) in [6.07, 6.45) is 2.82. The van der Waals surface area contributed by atoms with E-state index in [1.807, 2.05) is 0 Å². The van der Waals surface area contributed by atoms with Gasteiger partial charge in [-0.05, 0) is 6.42 Å². The van der Waals surface area contributed by atoms with Gasteiger partial charge in [-0.3, -0.25) is 0 Å². The van der Waals surface area contributed by atoms with Gasteiger partial charge >= 0.3 is 0 Å². The highest BCUT2D eigenvalue weighted by Gasteiger charge is 2.15. The molecule has 1 rings (SSSR count). The van der Waals surface area contributed by atoms with Crippen molar-refractivity contribution in [2.45, 2.75) is 18.6 Å². The molecule has 0 aromatic heterocycles. The summed E-state index contributed by atoms with van der Waals surface area (Å²) in [5.41, 5.74) is 0. The summed E-state index contributed by atoms with van der Waals surface area (Å²) in [6.45, 7) is 0. The molecule has 40 valence electrons. The van der Waals surface area contributed by atoms with Gasteiger partial charge in [0.2, 0.25) is 0 Å². The van der Waals surface area contributed by atoms with Gasteiger partial charge < -0.3 is 10.2 Å². The average molecular weight is 100 g/mol. The highest BCUT2D eigenvalue weighted by Crippen LogP contribution is 2.08. The average Bonchev–Trinajstić information content (AvgIpc) is 1.91. The Morgan fingerprint density at radius 1 is 1.43 bits per heavy atom. The van der Waals surface area contributed by atoms with Crippen LogP contribution in [0.2, 0.25) is 0 Å². The molecule has 2 N–H and O–H groups in total. The van der Waals surface area contributed by atoms with E-state index >= 15 is 0 Å². The van der Waals surface area contributed by atoms with Crippen LogP contribution < -0.4 is 0 Å². The van der Waals surface area contributed by atoms with Gasteiger partial charge in [0.25, 0.3) is 0 Å². The molecule has 2 nitrogen and oxygen atoms in total. The molecule has 0 aromatic rings. The van der Waals surface area contributed by atoms with E-state index in [2.05, 4.69) is 0 Å². The van der Waals surface area contributed by atoms with E-state index < -0.39 is 12.2 Å². The van der Waals surface area contributed by atoms with Crippen LogP contribution in [-0.2, 0) is 0 Å². The fourth-order valence-corrected chi connectivity index (χ4v) is 0.625. The van der Waals surface area contributed by atoms with Crippen molar-refractivity contribution >= 4 is 0 Å². The molecule has 0 radical (unpaired) electrons. The van der Waals surface area contributed by atoms with Crippen molar-refractivity contribution in [3.63, 3.8) is 0 Å². The third kappa shape index (κ3) is 0.813. The van der Waals surface area contributed by atoms with Crippen LogP contribution in [0.15, 0.2) is 12.2 Å². The molecule has 1 aliphatic carbocycles. The summed E-state index contributed by atoms with van der Waals surface area (Å²) >= 11 is 0. The molecule has 0 saturated carbocycles. The number of hydrogen-bond acceptors (Lipinski definition) is 2. The summed E-state index contributed by atoms with van der Waals surface area (Å²) in [5.74, 6) is 0. The van der Waals surface area contributed by atoms with Gasteiger partial charge in [-0.2, -0.15) is 0 Å². The van der Waals surface area contributed by atoms with E-state index in [1.54, 1.807) is 12.2 Å². The smallest absolute Gasteiger partial charge is 0.0982 e. The van der Waals surface area contributed by atoms with E-state index in [1.165, 1.54) is 0 Å². The molecule has 0 heterocycles. The van der Waals surface area contributed by atoms with Crippen LogP contribution in [0.1, 0.15) is 6.42 Å². The van der Waals surface area contributed by atoms with Gasteiger partial charge in [0, 0.05) is 0 Å². The van der Waals surface area contributed by atoms with Crippen molar-refractivity contribution in [3.8, 4) is 0 Å². The monoisotopic (exact) mass is 100 g/mol. The molecular formula is C5H8O2. The Morgan fingerprint density at radius 2 is 2.14 bits per heavy atom. The lowest BCUT2D eigenvalue weighted by molar-refractivity contribution is 0.0611. The first-order valence-corrected chi connectivity index (χ1v) is 2.33. The zero-order chi connectivity index (χ0) is 5.28. The van der Waals surface area contributed by atoms with Gasteiger partial charge in [-0.1, -0.05) is 12.2 Å². The predicted octanol–water partition coefficient (Wildman–Crippen LogP) is -0.332. The maximum absolute atomic E-state index is 8.69. The fraction of sp³-hybridized carbons (Fsp3) is 0.600. The molecule has 2 atom stereocenters. The summed E-state index contributed by atoms with van der Waals surface area (Å²) < 4.78 is 0. The van der Waals surface area contributed by atoms with Crippen LogP contribution in [0.3, 0.4) is 0 Å². The lowest BCUT2D eigenvalue weighted by Crippen LogP contribution is -2.17. The van der Waals surface area contributed by atoms with Crippen LogP contribution in [0.5, 0.6) is 0 Å². The molecule has 0 unspecified atom stereocenters. The Balaban J connectivity index is 2.45. The molecular weight excluding hydrogens is 92.1 g/mol. The highest BCUT2D eigenvalue weighted by molar-refractivity contribution is 5.01. The van der Waals surface area contributed by atoms with Gasteiger partial charge in [-0.25, -0.2) is 0 Å². The Kier molecular flexibility index (Phi) is 1.13. The molecule has 0 saturated heterocycles. The molecule has 7 heavy (non-hydrogen) atoms. The third-order valence-corrected chi connectivity index (χ3v) is 1.11. The van der Waals surface area contributed by atoms with E-state index in [0.29, 0.717) is 6.42 Å². The number of aliphatic hydroxyl groups excluding tert-OH is 2. The minimum atomic E-state index is -0.611. The maximum atomic E-state index is 8.69. The van der Waals surface area contributed by atoms with Crippen molar-refractivity contribution < 1.29 is 10.2 Å². The van der Waals surface area contributed by atoms with Crippen molar-refractivity contribution in [2.75, 3.05) is 0 Å².